The number of carbonyl (C=O) groups is 8. The second kappa shape index (κ2) is 51.4. The van der Waals surface area contributed by atoms with Crippen molar-refractivity contribution in [3.63, 3.8) is 0 Å². The smallest absolute Gasteiger partial charge is 0.507 e. The Hall–Kier alpha value is -3.36. The molecule has 16 nitrogen and oxygen atoms in total. The molecule has 0 aliphatic rings. The Balaban J connectivity index is -0.000000105. The summed E-state index contributed by atoms with van der Waals surface area (Å²) in [6.45, 7) is 7.18. The standard InChI is InChI=1S/4C4H7N2O2.Zr/c4*7-3-5-1-2-6-4-8;/h4*1,3-4H,2H2,(H,5,7)(H,6,8);/q4*-1;+4. The van der Waals surface area contributed by atoms with Crippen molar-refractivity contribution in [1.82, 2.24) is 42.5 Å². The molecule has 0 rings (SSSR count). The van der Waals surface area contributed by atoms with Gasteiger partial charge in [0.05, 0.1) is 0 Å². The number of carbonyl (C=O) groups excluding carboxylic acids is 8. The van der Waals surface area contributed by atoms with E-state index < -0.39 is 0 Å². The fourth-order valence-corrected chi connectivity index (χ4v) is 0.856. The van der Waals surface area contributed by atoms with Gasteiger partial charge in [-0.1, -0.05) is 26.2 Å². The molecule has 8 amide bonds. The summed E-state index contributed by atoms with van der Waals surface area (Å²) in [5.41, 5.74) is 0. The van der Waals surface area contributed by atoms with Crippen molar-refractivity contribution in [3.05, 3.63) is 26.2 Å². The zero-order chi connectivity index (χ0) is 25.0. The van der Waals surface area contributed by atoms with Gasteiger partial charge in [0.2, 0.25) is 25.6 Å². The molecule has 0 bridgehead atoms. The van der Waals surface area contributed by atoms with Crippen LogP contribution in [0.25, 0.3) is 0 Å². The van der Waals surface area contributed by atoms with Crippen LogP contribution < -0.4 is 42.5 Å². The van der Waals surface area contributed by atoms with E-state index >= 15 is 0 Å². The number of nitrogens with one attached hydrogen (secondary N) is 8. The van der Waals surface area contributed by atoms with Gasteiger partial charge in [-0.05, 0) is 0 Å². The average Bonchev–Trinajstić information content (AvgIpc) is 2.82. The molecule has 0 aromatic carbocycles. The summed E-state index contributed by atoms with van der Waals surface area (Å²) in [4.78, 5) is 76.1. The van der Waals surface area contributed by atoms with E-state index in [4.69, 9.17) is 0 Å². The van der Waals surface area contributed by atoms with Gasteiger partial charge in [-0.25, -0.2) is 26.2 Å². The first-order valence-corrected chi connectivity index (χ1v) is 8.40. The molecule has 0 fully saturated rings. The SMILES string of the molecule is O=CN[CH-]CNC=O.O=CN[CH-]CNC=O.O=CN[CH-]CNC=O.O=CN[CH-]CNC=O.[Zr+4]. The molecule has 0 unspecified atom stereocenters. The van der Waals surface area contributed by atoms with Gasteiger partial charge in [0.25, 0.3) is 0 Å². The first-order chi connectivity index (χ1) is 15.7. The molecule has 0 atom stereocenters. The van der Waals surface area contributed by atoms with Crippen molar-refractivity contribution in [2.24, 2.45) is 0 Å². The van der Waals surface area contributed by atoms with Crippen LogP contribution >= 0.6 is 0 Å². The zero-order valence-corrected chi connectivity index (χ0v) is 20.0. The maximum Gasteiger partial charge on any atom is 4.00 e. The van der Waals surface area contributed by atoms with Crippen molar-refractivity contribution in [2.75, 3.05) is 26.2 Å². The number of rotatable bonds is 20. The summed E-state index contributed by atoms with van der Waals surface area (Å²) in [6, 6.07) is 0. The molecule has 0 radical (unpaired) electrons. The summed E-state index contributed by atoms with van der Waals surface area (Å²) >= 11 is 0. The Morgan fingerprint density at radius 1 is 0.364 bits per heavy atom. The molecule has 0 saturated heterocycles. The topological polar surface area (TPSA) is 233 Å². The van der Waals surface area contributed by atoms with E-state index in [2.05, 4.69) is 42.5 Å². The molecule has 0 aromatic heterocycles. The largest absolute Gasteiger partial charge is 4.00 e. The fourth-order valence-electron chi connectivity index (χ4n) is 0.856. The van der Waals surface area contributed by atoms with Gasteiger partial charge in [-0.3, -0.25) is 38.4 Å². The molecule has 33 heavy (non-hydrogen) atoms. The first kappa shape index (κ1) is 40.0. The molecule has 0 aromatic rings. The van der Waals surface area contributed by atoms with Gasteiger partial charge < -0.3 is 42.5 Å². The van der Waals surface area contributed by atoms with Crippen LogP contribution in [0.2, 0.25) is 0 Å². The van der Waals surface area contributed by atoms with Crippen molar-refractivity contribution in [1.29, 1.82) is 0 Å². The van der Waals surface area contributed by atoms with Crippen molar-refractivity contribution < 1.29 is 64.6 Å². The summed E-state index contributed by atoms with van der Waals surface area (Å²) in [5.74, 6) is 0. The molecule has 0 aliphatic heterocycles. The molecular formula is C16H28N8O8Zr. The summed E-state index contributed by atoms with van der Waals surface area (Å²) in [6.07, 6.45) is 4.37. The van der Waals surface area contributed by atoms with Gasteiger partial charge in [0.1, 0.15) is 0 Å². The molecule has 0 heterocycles. The van der Waals surface area contributed by atoms with E-state index in [1.165, 1.54) is 26.2 Å². The van der Waals surface area contributed by atoms with Gasteiger partial charge >= 0.3 is 26.2 Å². The molecular weight excluding hydrogens is 523 g/mol. The van der Waals surface area contributed by atoms with Gasteiger partial charge in [0, 0.05) is 0 Å². The second-order valence-corrected chi connectivity index (χ2v) is 4.06. The van der Waals surface area contributed by atoms with Crippen LogP contribution in [-0.2, 0) is 64.6 Å². The van der Waals surface area contributed by atoms with Crippen LogP contribution in [-0.4, -0.2) is 77.5 Å². The van der Waals surface area contributed by atoms with Crippen molar-refractivity contribution in [3.8, 4) is 0 Å². The molecule has 184 valence electrons. The number of amides is 8. The predicted molar refractivity (Wildman–Crippen MR) is 110 cm³/mol. The fraction of sp³-hybridized carbons (Fsp3) is 0.250. The van der Waals surface area contributed by atoms with E-state index in [-0.39, 0.29) is 26.2 Å². The summed E-state index contributed by atoms with van der Waals surface area (Å²) in [7, 11) is 0. The van der Waals surface area contributed by atoms with Gasteiger partial charge in [-0.2, -0.15) is 0 Å². The average molecular weight is 552 g/mol. The normalized spacial score (nSPS) is 7.27. The molecule has 0 aliphatic carbocycles. The number of hydrogen-bond acceptors (Lipinski definition) is 8. The van der Waals surface area contributed by atoms with E-state index in [9.17, 15) is 38.4 Å². The predicted octanol–water partition coefficient (Wildman–Crippen LogP) is -5.44. The van der Waals surface area contributed by atoms with Gasteiger partial charge in [-0.15, -0.1) is 0 Å². The first-order valence-electron chi connectivity index (χ1n) is 8.40. The third-order valence-electron chi connectivity index (χ3n) is 1.96. The Labute approximate surface area is 210 Å². The van der Waals surface area contributed by atoms with E-state index in [0.717, 1.165) is 0 Å². The van der Waals surface area contributed by atoms with Crippen LogP contribution in [0.15, 0.2) is 0 Å². The minimum Gasteiger partial charge on any atom is -0.507 e. The van der Waals surface area contributed by atoms with Gasteiger partial charge in [0.15, 0.2) is 25.6 Å². The third kappa shape index (κ3) is 73.4. The van der Waals surface area contributed by atoms with Crippen LogP contribution in [0.1, 0.15) is 0 Å². The maximum atomic E-state index is 9.52. The molecule has 0 saturated carbocycles. The van der Waals surface area contributed by atoms with Crippen LogP contribution in [0.3, 0.4) is 0 Å². The monoisotopic (exact) mass is 550 g/mol. The minimum absolute atomic E-state index is 0. The molecule has 8 N–H and O–H groups in total. The maximum absolute atomic E-state index is 9.52. The zero-order valence-electron chi connectivity index (χ0n) is 17.5. The number of hydrogen-bond donors (Lipinski definition) is 8. The van der Waals surface area contributed by atoms with E-state index in [1.54, 1.807) is 0 Å². The van der Waals surface area contributed by atoms with Crippen LogP contribution in [0, 0.1) is 26.2 Å². The Morgan fingerprint density at radius 3 is 0.667 bits per heavy atom. The van der Waals surface area contributed by atoms with E-state index in [0.29, 0.717) is 77.5 Å². The van der Waals surface area contributed by atoms with Crippen LogP contribution in [0.4, 0.5) is 0 Å². The second-order valence-electron chi connectivity index (χ2n) is 4.06. The Morgan fingerprint density at radius 2 is 0.545 bits per heavy atom. The van der Waals surface area contributed by atoms with Crippen LogP contribution in [0.5, 0.6) is 0 Å². The minimum atomic E-state index is 0. The van der Waals surface area contributed by atoms with Crippen molar-refractivity contribution in [2.45, 2.75) is 0 Å². The summed E-state index contributed by atoms with van der Waals surface area (Å²) < 4.78 is 0. The van der Waals surface area contributed by atoms with Crippen molar-refractivity contribution >= 4 is 51.3 Å². The Bertz CT molecular complexity index is 344. The van der Waals surface area contributed by atoms with E-state index in [1.807, 2.05) is 0 Å². The molecule has 0 spiro atoms. The molecule has 17 heteroatoms. The quantitative estimate of drug-likeness (QED) is 0.0412. The third-order valence-corrected chi connectivity index (χ3v) is 1.96. The Kier molecular flexibility index (Phi) is 62.3. The summed E-state index contributed by atoms with van der Waals surface area (Å²) in [5, 5.41) is 18.3.